The fraction of sp³-hybridized carbons (Fsp3) is 0.310. The molecule has 2 amide bonds. The Hall–Kier alpha value is -3.80. The van der Waals surface area contributed by atoms with Crippen LogP contribution in [0.25, 0.3) is 11.1 Å². The van der Waals surface area contributed by atoms with Crippen molar-refractivity contribution in [2.75, 3.05) is 19.2 Å². The summed E-state index contributed by atoms with van der Waals surface area (Å²) in [4.78, 5) is 25.4. The van der Waals surface area contributed by atoms with Crippen molar-refractivity contribution >= 4 is 17.5 Å². The Morgan fingerprint density at radius 3 is 2.29 bits per heavy atom. The second-order valence-corrected chi connectivity index (χ2v) is 10.3. The highest BCUT2D eigenvalue weighted by molar-refractivity contribution is 6.02. The van der Waals surface area contributed by atoms with Crippen LogP contribution in [0.5, 0.6) is 11.5 Å². The standard InChI is InChI=1S/C29H30N2O4.2H2/c1-28(2,3)23-11-10-21(16-22(23)18-5-7-19(8-6-18)26(32)30-4)31-27(33)29(13-14-29)20-9-12-24-25(15-20)35-17-34-24;;/h5-12,15-16H,13-14,17H2,1-4H3,(H,30,32)(H,31,33);2*1H. The molecule has 1 fully saturated rings. The van der Waals surface area contributed by atoms with Crippen molar-refractivity contribution in [3.05, 3.63) is 77.4 Å². The lowest BCUT2D eigenvalue weighted by Gasteiger charge is -2.24. The van der Waals surface area contributed by atoms with Gasteiger partial charge in [-0.1, -0.05) is 45.0 Å². The van der Waals surface area contributed by atoms with Gasteiger partial charge in [0.2, 0.25) is 12.7 Å². The van der Waals surface area contributed by atoms with Crippen LogP contribution in [0.1, 0.15) is 58.0 Å². The van der Waals surface area contributed by atoms with E-state index in [2.05, 4.69) is 37.5 Å². The van der Waals surface area contributed by atoms with E-state index in [1.54, 1.807) is 7.05 Å². The summed E-state index contributed by atoms with van der Waals surface area (Å²) in [6, 6.07) is 19.4. The smallest absolute Gasteiger partial charge is 0.251 e. The zero-order valence-electron chi connectivity index (χ0n) is 20.5. The van der Waals surface area contributed by atoms with Gasteiger partial charge in [0.05, 0.1) is 5.41 Å². The summed E-state index contributed by atoms with van der Waals surface area (Å²) in [5.41, 5.74) is 4.87. The highest BCUT2D eigenvalue weighted by Crippen LogP contribution is 2.51. The van der Waals surface area contributed by atoms with Crippen LogP contribution in [0.3, 0.4) is 0 Å². The Morgan fingerprint density at radius 1 is 0.914 bits per heavy atom. The minimum atomic E-state index is -0.543. The van der Waals surface area contributed by atoms with Gasteiger partial charge in [0, 0.05) is 21.2 Å². The van der Waals surface area contributed by atoms with Crippen molar-refractivity contribution in [2.24, 2.45) is 0 Å². The van der Waals surface area contributed by atoms with E-state index >= 15 is 0 Å². The number of fused-ring (bicyclic) bond motifs is 1. The Balaban J connectivity index is 0.00000190. The molecule has 1 heterocycles. The van der Waals surface area contributed by atoms with Gasteiger partial charge in [0.25, 0.3) is 5.91 Å². The molecule has 6 nitrogen and oxygen atoms in total. The Labute approximate surface area is 208 Å². The van der Waals surface area contributed by atoms with E-state index in [0.29, 0.717) is 11.3 Å². The van der Waals surface area contributed by atoms with Gasteiger partial charge in [-0.15, -0.1) is 0 Å². The molecule has 6 heteroatoms. The number of nitrogens with one attached hydrogen (secondary N) is 2. The largest absolute Gasteiger partial charge is 0.454 e. The average molecular weight is 475 g/mol. The molecule has 0 atom stereocenters. The number of carbonyl (C=O) groups excluding carboxylic acids is 2. The number of amides is 2. The third kappa shape index (κ3) is 4.25. The molecule has 1 aliphatic carbocycles. The zero-order valence-corrected chi connectivity index (χ0v) is 20.5. The molecule has 0 saturated heterocycles. The highest BCUT2D eigenvalue weighted by Gasteiger charge is 2.51. The number of anilines is 1. The number of benzene rings is 3. The summed E-state index contributed by atoms with van der Waals surface area (Å²) in [6.45, 7) is 6.72. The van der Waals surface area contributed by atoms with Gasteiger partial charge in [-0.2, -0.15) is 0 Å². The maximum Gasteiger partial charge on any atom is 0.251 e. The number of hydrogen-bond acceptors (Lipinski definition) is 4. The SMILES string of the molecule is CNC(=O)c1ccc(-c2cc(NC(=O)C3(c4ccc5c(c4)OCO5)CC3)ccc2C(C)(C)C)cc1.[HH].[HH]. The van der Waals surface area contributed by atoms with Crippen LogP contribution < -0.4 is 20.1 Å². The van der Waals surface area contributed by atoms with Crippen LogP contribution in [0.15, 0.2) is 60.7 Å². The maximum absolute atomic E-state index is 13.5. The molecule has 0 aromatic heterocycles. The van der Waals surface area contributed by atoms with Gasteiger partial charge in [0.1, 0.15) is 0 Å². The molecule has 35 heavy (non-hydrogen) atoms. The van der Waals surface area contributed by atoms with E-state index < -0.39 is 5.41 Å². The van der Waals surface area contributed by atoms with E-state index in [1.165, 1.54) is 5.56 Å². The average Bonchev–Trinajstić information content (AvgIpc) is 3.53. The van der Waals surface area contributed by atoms with Crippen LogP contribution in [0.4, 0.5) is 5.69 Å². The van der Waals surface area contributed by atoms with E-state index in [1.807, 2.05) is 54.6 Å². The van der Waals surface area contributed by atoms with Crippen LogP contribution >= 0.6 is 0 Å². The lowest BCUT2D eigenvalue weighted by atomic mass is 9.81. The lowest BCUT2D eigenvalue weighted by molar-refractivity contribution is -0.118. The molecule has 0 bridgehead atoms. The summed E-state index contributed by atoms with van der Waals surface area (Å²) in [6.07, 6.45) is 1.60. The summed E-state index contributed by atoms with van der Waals surface area (Å²) >= 11 is 0. The fourth-order valence-electron chi connectivity index (χ4n) is 4.68. The van der Waals surface area contributed by atoms with Crippen LogP contribution in [-0.4, -0.2) is 25.7 Å². The van der Waals surface area contributed by atoms with Crippen LogP contribution in [0.2, 0.25) is 0 Å². The number of ether oxygens (including phenoxy) is 2. The minimum absolute atomic E-state index is 0. The molecule has 2 aliphatic rings. The number of carbonyl (C=O) groups is 2. The summed E-state index contributed by atoms with van der Waals surface area (Å²) in [5, 5.41) is 5.82. The zero-order chi connectivity index (χ0) is 24.8. The van der Waals surface area contributed by atoms with Crippen molar-refractivity contribution in [3.8, 4) is 22.6 Å². The molecular formula is C29H34N2O4. The summed E-state index contributed by atoms with van der Waals surface area (Å²) < 4.78 is 10.9. The third-order valence-corrected chi connectivity index (χ3v) is 6.88. The Morgan fingerprint density at radius 2 is 1.63 bits per heavy atom. The van der Waals surface area contributed by atoms with Gasteiger partial charge in [-0.05, 0) is 76.9 Å². The first-order valence-corrected chi connectivity index (χ1v) is 11.9. The predicted octanol–water partition coefficient (Wildman–Crippen LogP) is 5.90. The van der Waals surface area contributed by atoms with Gasteiger partial charge < -0.3 is 20.1 Å². The van der Waals surface area contributed by atoms with Gasteiger partial charge in [0.15, 0.2) is 11.5 Å². The predicted molar refractivity (Wildman–Crippen MR) is 140 cm³/mol. The van der Waals surface area contributed by atoms with Crippen molar-refractivity contribution in [1.82, 2.24) is 5.32 Å². The molecule has 0 unspecified atom stereocenters. The molecule has 0 radical (unpaired) electrons. The molecule has 0 spiro atoms. The van der Waals surface area contributed by atoms with E-state index in [0.717, 1.165) is 41.0 Å². The highest BCUT2D eigenvalue weighted by atomic mass is 16.7. The topological polar surface area (TPSA) is 76.7 Å². The molecular weight excluding hydrogens is 440 g/mol. The van der Waals surface area contributed by atoms with Crippen molar-refractivity contribution < 1.29 is 21.9 Å². The first-order valence-electron chi connectivity index (χ1n) is 11.9. The lowest BCUT2D eigenvalue weighted by Crippen LogP contribution is -2.28. The summed E-state index contributed by atoms with van der Waals surface area (Å²) in [7, 11) is 1.62. The normalized spacial score (nSPS) is 15.4. The Kier molecular flexibility index (Phi) is 5.55. The third-order valence-electron chi connectivity index (χ3n) is 6.88. The van der Waals surface area contributed by atoms with Gasteiger partial charge in [-0.3, -0.25) is 9.59 Å². The Bertz CT molecular complexity index is 1310. The number of hydrogen-bond donors (Lipinski definition) is 2. The van der Waals surface area contributed by atoms with E-state index in [-0.39, 0.29) is 26.9 Å². The first-order chi connectivity index (χ1) is 16.7. The second-order valence-electron chi connectivity index (χ2n) is 10.3. The quantitative estimate of drug-likeness (QED) is 0.483. The molecule has 184 valence electrons. The first kappa shape index (κ1) is 23.0. The van der Waals surface area contributed by atoms with Crippen LogP contribution in [-0.2, 0) is 15.6 Å². The number of rotatable bonds is 5. The molecule has 5 rings (SSSR count). The minimum Gasteiger partial charge on any atom is -0.454 e. The van der Waals surface area contributed by atoms with Gasteiger partial charge >= 0.3 is 0 Å². The van der Waals surface area contributed by atoms with Crippen molar-refractivity contribution in [3.63, 3.8) is 0 Å². The molecule has 3 aromatic rings. The molecule has 3 aromatic carbocycles. The van der Waals surface area contributed by atoms with Crippen molar-refractivity contribution in [1.29, 1.82) is 0 Å². The molecule has 1 aliphatic heterocycles. The van der Waals surface area contributed by atoms with Crippen molar-refractivity contribution in [2.45, 2.75) is 44.4 Å². The monoisotopic (exact) mass is 474 g/mol. The van der Waals surface area contributed by atoms with Gasteiger partial charge in [-0.25, -0.2) is 0 Å². The fourth-order valence-corrected chi connectivity index (χ4v) is 4.68. The maximum atomic E-state index is 13.5. The van der Waals surface area contributed by atoms with E-state index in [9.17, 15) is 9.59 Å². The summed E-state index contributed by atoms with van der Waals surface area (Å²) in [5.74, 6) is 1.28. The molecule has 1 saturated carbocycles. The molecule has 2 N–H and O–H groups in total. The second kappa shape index (κ2) is 8.45. The van der Waals surface area contributed by atoms with E-state index in [4.69, 9.17) is 9.47 Å². The van der Waals surface area contributed by atoms with Crippen LogP contribution in [0, 0.1) is 0 Å².